The summed E-state index contributed by atoms with van der Waals surface area (Å²) in [7, 11) is 0. The van der Waals surface area contributed by atoms with Gasteiger partial charge in [-0.25, -0.2) is 0 Å². The molecule has 6 heteroatoms. The molecule has 19 heavy (non-hydrogen) atoms. The first kappa shape index (κ1) is 17.2. The van der Waals surface area contributed by atoms with Gasteiger partial charge in [0, 0.05) is 17.8 Å². The Balaban J connectivity index is 0.00000324. The van der Waals surface area contributed by atoms with Gasteiger partial charge in [-0.05, 0) is 24.6 Å². The molecule has 0 spiro atoms. The third-order valence-electron chi connectivity index (χ3n) is 2.55. The first-order chi connectivity index (χ1) is 8.54. The molecule has 0 aliphatic heterocycles. The van der Waals surface area contributed by atoms with E-state index in [9.17, 15) is 9.59 Å². The Hall–Kier alpha value is -1.75. The van der Waals surface area contributed by atoms with Crippen molar-refractivity contribution in [2.75, 3.05) is 18.8 Å². The fourth-order valence-electron chi connectivity index (χ4n) is 1.64. The van der Waals surface area contributed by atoms with Gasteiger partial charge < -0.3 is 16.4 Å². The van der Waals surface area contributed by atoms with E-state index in [0.717, 1.165) is 12.8 Å². The minimum atomic E-state index is -0.511. The zero-order chi connectivity index (χ0) is 13.5. The molecule has 2 amide bonds. The van der Waals surface area contributed by atoms with Crippen LogP contribution in [0.5, 0.6) is 0 Å². The van der Waals surface area contributed by atoms with Gasteiger partial charge in [0.1, 0.15) is 0 Å². The molecule has 0 fully saturated rings. The third kappa shape index (κ3) is 5.61. The summed E-state index contributed by atoms with van der Waals surface area (Å²) in [5.74, 6) is -0.724. The van der Waals surface area contributed by atoms with Crippen molar-refractivity contribution in [2.24, 2.45) is 5.73 Å². The summed E-state index contributed by atoms with van der Waals surface area (Å²) in [5, 5.41) is 0. The van der Waals surface area contributed by atoms with E-state index >= 15 is 0 Å². The Bertz CT molecular complexity index is 438. The molecule has 5 nitrogen and oxygen atoms in total. The van der Waals surface area contributed by atoms with E-state index in [1.54, 1.807) is 24.3 Å². The number of nitrogens with two attached hydrogens (primary N) is 2. The van der Waals surface area contributed by atoms with Gasteiger partial charge in [-0.1, -0.05) is 19.4 Å². The molecule has 0 aliphatic rings. The van der Waals surface area contributed by atoms with Crippen LogP contribution < -0.4 is 11.5 Å². The van der Waals surface area contributed by atoms with Crippen LogP contribution in [0.25, 0.3) is 0 Å². The molecule has 106 valence electrons. The summed E-state index contributed by atoms with van der Waals surface area (Å²) in [6.07, 6.45) is 1.78. The summed E-state index contributed by atoms with van der Waals surface area (Å²) < 4.78 is 0. The lowest BCUT2D eigenvalue weighted by Crippen LogP contribution is -2.39. The quantitative estimate of drug-likeness (QED) is 0.775. The summed E-state index contributed by atoms with van der Waals surface area (Å²) in [6, 6.07) is 6.70. The summed E-state index contributed by atoms with van der Waals surface area (Å²) in [4.78, 5) is 24.6. The van der Waals surface area contributed by atoms with E-state index in [0.29, 0.717) is 17.8 Å². The molecule has 0 atom stereocenters. The normalized spacial score (nSPS) is 9.53. The Morgan fingerprint density at radius 1 is 1.32 bits per heavy atom. The monoisotopic (exact) mass is 285 g/mol. The lowest BCUT2D eigenvalue weighted by molar-refractivity contribution is -0.118. The fraction of sp³-hybridized carbons (Fsp3) is 0.385. The number of anilines is 1. The van der Waals surface area contributed by atoms with Crippen LogP contribution >= 0.6 is 12.4 Å². The zero-order valence-corrected chi connectivity index (χ0v) is 11.8. The standard InChI is InChI=1S/C13H19N3O2.ClH/c1-2-3-7-16(9-12(15)17)13(18)10-5-4-6-11(14)8-10;/h4-6,8H,2-3,7,9,14H2,1H3,(H2,15,17);1H. The van der Waals surface area contributed by atoms with Crippen molar-refractivity contribution in [1.29, 1.82) is 0 Å². The van der Waals surface area contributed by atoms with E-state index in [2.05, 4.69) is 0 Å². The largest absolute Gasteiger partial charge is 0.399 e. The highest BCUT2D eigenvalue weighted by Crippen LogP contribution is 2.10. The Kier molecular flexibility index (Phi) is 7.60. The third-order valence-corrected chi connectivity index (χ3v) is 2.55. The highest BCUT2D eigenvalue weighted by Gasteiger charge is 2.17. The molecule has 0 saturated heterocycles. The van der Waals surface area contributed by atoms with Crippen molar-refractivity contribution in [3.63, 3.8) is 0 Å². The highest BCUT2D eigenvalue weighted by molar-refractivity contribution is 5.97. The number of benzene rings is 1. The van der Waals surface area contributed by atoms with Gasteiger partial charge in [0.25, 0.3) is 5.91 Å². The van der Waals surface area contributed by atoms with Crippen molar-refractivity contribution in [3.05, 3.63) is 29.8 Å². The first-order valence-electron chi connectivity index (χ1n) is 5.97. The van der Waals surface area contributed by atoms with E-state index < -0.39 is 5.91 Å². The Labute approximate surface area is 119 Å². The second-order valence-electron chi connectivity index (χ2n) is 4.17. The lowest BCUT2D eigenvalue weighted by Gasteiger charge is -2.21. The smallest absolute Gasteiger partial charge is 0.254 e. The van der Waals surface area contributed by atoms with E-state index in [-0.39, 0.29) is 24.9 Å². The van der Waals surface area contributed by atoms with Gasteiger partial charge >= 0.3 is 0 Å². The number of amides is 2. The molecule has 0 aromatic heterocycles. The van der Waals surface area contributed by atoms with Crippen LogP contribution in [0.4, 0.5) is 5.69 Å². The van der Waals surface area contributed by atoms with Crippen LogP contribution in [-0.2, 0) is 4.79 Å². The number of nitrogens with zero attached hydrogens (tertiary/aromatic N) is 1. The molecule has 0 aliphatic carbocycles. The average Bonchev–Trinajstić information content (AvgIpc) is 2.33. The van der Waals surface area contributed by atoms with Crippen LogP contribution in [-0.4, -0.2) is 29.8 Å². The molecule has 0 heterocycles. The number of primary amides is 1. The van der Waals surface area contributed by atoms with Gasteiger partial charge in [-0.2, -0.15) is 0 Å². The SMILES string of the molecule is CCCCN(CC(N)=O)C(=O)c1cccc(N)c1.Cl. The predicted octanol–water partition coefficient (Wildman–Crippen LogP) is 1.42. The van der Waals surface area contributed by atoms with Crippen molar-refractivity contribution >= 4 is 29.9 Å². The molecule has 0 radical (unpaired) electrons. The van der Waals surface area contributed by atoms with E-state index in [1.807, 2.05) is 6.92 Å². The van der Waals surface area contributed by atoms with Crippen LogP contribution in [0, 0.1) is 0 Å². The van der Waals surface area contributed by atoms with Gasteiger partial charge in [-0.3, -0.25) is 9.59 Å². The second kappa shape index (κ2) is 8.37. The molecule has 1 rings (SSSR count). The zero-order valence-electron chi connectivity index (χ0n) is 11.0. The maximum atomic E-state index is 12.2. The van der Waals surface area contributed by atoms with Gasteiger partial charge in [0.15, 0.2) is 0 Å². The summed E-state index contributed by atoms with van der Waals surface area (Å²) in [6.45, 7) is 2.48. The molecule has 0 bridgehead atoms. The number of halogens is 1. The van der Waals surface area contributed by atoms with Gasteiger partial charge in [0.05, 0.1) is 6.54 Å². The molecular formula is C13H20ClN3O2. The fourth-order valence-corrected chi connectivity index (χ4v) is 1.64. The molecule has 0 saturated carbocycles. The number of unbranched alkanes of at least 4 members (excludes halogenated alkanes) is 1. The second-order valence-corrected chi connectivity index (χ2v) is 4.17. The number of nitrogen functional groups attached to an aromatic ring is 1. The van der Waals surface area contributed by atoms with Gasteiger partial charge in [0.2, 0.25) is 5.91 Å². The summed E-state index contributed by atoms with van der Waals surface area (Å²) in [5.41, 5.74) is 11.8. The molecule has 0 unspecified atom stereocenters. The van der Waals surface area contributed by atoms with Crippen LogP contribution in [0.3, 0.4) is 0 Å². The summed E-state index contributed by atoms with van der Waals surface area (Å²) >= 11 is 0. The van der Waals surface area contributed by atoms with E-state index in [1.165, 1.54) is 4.90 Å². The number of hydrogen-bond acceptors (Lipinski definition) is 3. The van der Waals surface area contributed by atoms with E-state index in [4.69, 9.17) is 11.5 Å². The first-order valence-corrected chi connectivity index (χ1v) is 5.97. The average molecular weight is 286 g/mol. The van der Waals surface area contributed by atoms with Crippen molar-refractivity contribution in [2.45, 2.75) is 19.8 Å². The van der Waals surface area contributed by atoms with Crippen molar-refractivity contribution in [3.8, 4) is 0 Å². The predicted molar refractivity (Wildman–Crippen MR) is 78.1 cm³/mol. The maximum absolute atomic E-state index is 12.2. The number of carbonyl (C=O) groups excluding carboxylic acids is 2. The molecular weight excluding hydrogens is 266 g/mol. The van der Waals surface area contributed by atoms with Crippen molar-refractivity contribution in [1.82, 2.24) is 4.90 Å². The van der Waals surface area contributed by atoms with Crippen LogP contribution in [0.15, 0.2) is 24.3 Å². The van der Waals surface area contributed by atoms with Gasteiger partial charge in [-0.15, -0.1) is 12.4 Å². The number of carbonyl (C=O) groups is 2. The molecule has 4 N–H and O–H groups in total. The highest BCUT2D eigenvalue weighted by atomic mass is 35.5. The van der Waals surface area contributed by atoms with Crippen LogP contribution in [0.1, 0.15) is 30.1 Å². The number of hydrogen-bond donors (Lipinski definition) is 2. The Morgan fingerprint density at radius 2 is 2.00 bits per heavy atom. The lowest BCUT2D eigenvalue weighted by atomic mass is 10.1. The molecule has 1 aromatic carbocycles. The van der Waals surface area contributed by atoms with Crippen LogP contribution in [0.2, 0.25) is 0 Å². The number of rotatable bonds is 6. The Morgan fingerprint density at radius 3 is 2.53 bits per heavy atom. The molecule has 1 aromatic rings. The van der Waals surface area contributed by atoms with Crippen molar-refractivity contribution < 1.29 is 9.59 Å². The minimum Gasteiger partial charge on any atom is -0.399 e. The topological polar surface area (TPSA) is 89.4 Å². The minimum absolute atomic E-state index is 0. The maximum Gasteiger partial charge on any atom is 0.254 e.